The number of nitrogens with one attached hydrogen (secondary N) is 1. The molecule has 0 radical (unpaired) electrons. The number of para-hydroxylation sites is 2. The number of imidazole rings is 1. The van der Waals surface area contributed by atoms with Crippen LogP contribution in [0.5, 0.6) is 0 Å². The van der Waals surface area contributed by atoms with Crippen molar-refractivity contribution in [3.05, 3.63) is 35.8 Å². The van der Waals surface area contributed by atoms with E-state index in [0.29, 0.717) is 11.3 Å². The van der Waals surface area contributed by atoms with Gasteiger partial charge in [0.05, 0.1) is 23.9 Å². The van der Waals surface area contributed by atoms with Gasteiger partial charge in [-0.25, -0.2) is 9.78 Å². The van der Waals surface area contributed by atoms with Crippen molar-refractivity contribution in [2.24, 2.45) is 0 Å². The molecule has 25 heavy (non-hydrogen) atoms. The highest BCUT2D eigenvalue weighted by Gasteiger charge is 2.23. The fourth-order valence-corrected chi connectivity index (χ4v) is 3.85. The lowest BCUT2D eigenvalue weighted by Crippen LogP contribution is -2.23. The number of aliphatic hydroxyl groups excluding tert-OH is 1. The SMILES string of the molecule is COC(=O)/C(=C(/O)CSC(=S)N1CCCC1)c1nc2ccccc2[nH]1. The number of aromatic amines is 1. The average molecular weight is 377 g/mol. The summed E-state index contributed by atoms with van der Waals surface area (Å²) in [6, 6.07) is 7.42. The molecule has 132 valence electrons. The Morgan fingerprint density at radius 2 is 2.12 bits per heavy atom. The Kier molecular flexibility index (Phi) is 5.60. The Balaban J connectivity index is 1.84. The Morgan fingerprint density at radius 1 is 1.40 bits per heavy atom. The van der Waals surface area contributed by atoms with E-state index in [1.165, 1.54) is 18.9 Å². The summed E-state index contributed by atoms with van der Waals surface area (Å²) in [4.78, 5) is 21.7. The van der Waals surface area contributed by atoms with Gasteiger partial charge in [-0.2, -0.15) is 0 Å². The number of carbonyl (C=O) groups is 1. The Hall–Kier alpha value is -2.06. The molecule has 0 atom stereocenters. The number of aromatic nitrogens is 2. The van der Waals surface area contributed by atoms with Crippen LogP contribution < -0.4 is 0 Å². The number of esters is 1. The number of rotatable bonds is 4. The molecule has 0 unspecified atom stereocenters. The summed E-state index contributed by atoms with van der Waals surface area (Å²) in [5.74, 6) is -0.253. The number of thiocarbonyl (C=S) groups is 1. The molecule has 1 aromatic heterocycles. The number of thioether (sulfide) groups is 1. The first kappa shape index (κ1) is 17.8. The number of hydrogen-bond acceptors (Lipinski definition) is 6. The molecule has 0 bridgehead atoms. The van der Waals surface area contributed by atoms with Crippen LogP contribution in [-0.2, 0) is 9.53 Å². The summed E-state index contributed by atoms with van der Waals surface area (Å²) < 4.78 is 5.56. The van der Waals surface area contributed by atoms with E-state index in [1.807, 2.05) is 24.3 Å². The predicted molar refractivity (Wildman–Crippen MR) is 104 cm³/mol. The third-order valence-electron chi connectivity index (χ3n) is 4.00. The molecule has 1 fully saturated rings. The quantitative estimate of drug-likeness (QED) is 0.367. The first-order valence-corrected chi connectivity index (χ1v) is 9.37. The summed E-state index contributed by atoms with van der Waals surface area (Å²) in [5.41, 5.74) is 1.54. The van der Waals surface area contributed by atoms with Gasteiger partial charge in [-0.1, -0.05) is 36.1 Å². The Bertz CT molecular complexity index is 792. The van der Waals surface area contributed by atoms with Crippen LogP contribution in [0.3, 0.4) is 0 Å². The summed E-state index contributed by atoms with van der Waals surface area (Å²) in [6.45, 7) is 1.90. The van der Waals surface area contributed by atoms with Crippen molar-refractivity contribution in [2.45, 2.75) is 12.8 Å². The lowest BCUT2D eigenvalue weighted by Gasteiger charge is -2.17. The number of aliphatic hydroxyl groups is 1. The van der Waals surface area contributed by atoms with Crippen molar-refractivity contribution in [2.75, 3.05) is 26.0 Å². The minimum atomic E-state index is -0.635. The van der Waals surface area contributed by atoms with E-state index in [9.17, 15) is 9.90 Å². The largest absolute Gasteiger partial charge is 0.510 e. The fraction of sp³-hybridized carbons (Fsp3) is 0.353. The van der Waals surface area contributed by atoms with Gasteiger partial charge in [0.2, 0.25) is 0 Å². The van der Waals surface area contributed by atoms with Crippen LogP contribution >= 0.6 is 24.0 Å². The number of methoxy groups -OCH3 is 1. The van der Waals surface area contributed by atoms with Gasteiger partial charge >= 0.3 is 5.97 Å². The number of nitrogens with zero attached hydrogens (tertiary/aromatic N) is 2. The number of hydrogen-bond donors (Lipinski definition) is 2. The maximum atomic E-state index is 12.2. The number of likely N-dealkylation sites (tertiary alicyclic amines) is 1. The Morgan fingerprint density at radius 3 is 2.80 bits per heavy atom. The van der Waals surface area contributed by atoms with E-state index in [1.54, 1.807) is 0 Å². The molecule has 0 spiro atoms. The van der Waals surface area contributed by atoms with Crippen molar-refractivity contribution in [3.63, 3.8) is 0 Å². The monoisotopic (exact) mass is 377 g/mol. The second kappa shape index (κ2) is 7.88. The van der Waals surface area contributed by atoms with Gasteiger partial charge in [0.1, 0.15) is 21.5 Å². The molecule has 2 N–H and O–H groups in total. The van der Waals surface area contributed by atoms with Gasteiger partial charge in [-0.05, 0) is 25.0 Å². The molecule has 1 aromatic carbocycles. The first-order chi connectivity index (χ1) is 12.1. The van der Waals surface area contributed by atoms with E-state index in [4.69, 9.17) is 17.0 Å². The smallest absolute Gasteiger partial charge is 0.345 e. The molecule has 1 aliphatic heterocycles. The second-order valence-electron chi connectivity index (χ2n) is 5.66. The number of H-pyrrole nitrogens is 1. The normalized spacial score (nSPS) is 15.3. The number of fused-ring (bicyclic) bond motifs is 1. The number of benzene rings is 1. The van der Waals surface area contributed by atoms with Crippen LogP contribution in [-0.4, -0.2) is 56.2 Å². The van der Waals surface area contributed by atoms with Crippen LogP contribution in [0.4, 0.5) is 0 Å². The highest BCUT2D eigenvalue weighted by molar-refractivity contribution is 8.23. The molecular weight excluding hydrogens is 358 g/mol. The van der Waals surface area contributed by atoms with Gasteiger partial charge in [0, 0.05) is 13.1 Å². The number of carbonyl (C=O) groups excluding carboxylic acids is 1. The van der Waals surface area contributed by atoms with Gasteiger partial charge in [-0.15, -0.1) is 0 Å². The zero-order chi connectivity index (χ0) is 17.8. The van der Waals surface area contributed by atoms with Crippen LogP contribution in [0.1, 0.15) is 18.7 Å². The van der Waals surface area contributed by atoms with Gasteiger partial charge in [0.15, 0.2) is 0 Å². The minimum absolute atomic E-state index is 0.0374. The lowest BCUT2D eigenvalue weighted by atomic mass is 10.2. The van der Waals surface area contributed by atoms with Crippen molar-refractivity contribution in [1.82, 2.24) is 14.9 Å². The lowest BCUT2D eigenvalue weighted by molar-refractivity contribution is -0.133. The molecule has 0 aliphatic carbocycles. The zero-order valence-corrected chi connectivity index (χ0v) is 15.5. The molecule has 1 saturated heterocycles. The van der Waals surface area contributed by atoms with Crippen molar-refractivity contribution in [3.8, 4) is 0 Å². The zero-order valence-electron chi connectivity index (χ0n) is 13.8. The number of ether oxygens (including phenoxy) is 1. The van der Waals surface area contributed by atoms with Crippen molar-refractivity contribution >= 4 is 50.9 Å². The summed E-state index contributed by atoms with van der Waals surface area (Å²) in [7, 11) is 1.28. The van der Waals surface area contributed by atoms with E-state index < -0.39 is 5.97 Å². The van der Waals surface area contributed by atoms with Crippen LogP contribution in [0.15, 0.2) is 30.0 Å². The molecule has 0 saturated carbocycles. The highest BCUT2D eigenvalue weighted by atomic mass is 32.2. The topological polar surface area (TPSA) is 78.5 Å². The summed E-state index contributed by atoms with van der Waals surface area (Å²) in [6.07, 6.45) is 2.27. The third kappa shape index (κ3) is 3.96. The van der Waals surface area contributed by atoms with Gasteiger partial charge < -0.3 is 19.7 Å². The molecule has 3 rings (SSSR count). The third-order valence-corrected chi connectivity index (χ3v) is 5.54. The average Bonchev–Trinajstić information content (AvgIpc) is 3.28. The van der Waals surface area contributed by atoms with E-state index in [2.05, 4.69) is 14.9 Å². The molecule has 2 heterocycles. The van der Waals surface area contributed by atoms with Crippen LogP contribution in [0.2, 0.25) is 0 Å². The van der Waals surface area contributed by atoms with Crippen molar-refractivity contribution in [1.29, 1.82) is 0 Å². The minimum Gasteiger partial charge on any atom is -0.510 e. The van der Waals surface area contributed by atoms with Gasteiger partial charge in [-0.3, -0.25) is 0 Å². The van der Waals surface area contributed by atoms with Crippen LogP contribution in [0.25, 0.3) is 16.6 Å². The van der Waals surface area contributed by atoms with Crippen molar-refractivity contribution < 1.29 is 14.6 Å². The van der Waals surface area contributed by atoms with Crippen LogP contribution in [0, 0.1) is 0 Å². The molecule has 2 aromatic rings. The Labute approximate surface area is 155 Å². The molecular formula is C17H19N3O3S2. The predicted octanol–water partition coefficient (Wildman–Crippen LogP) is 3.12. The summed E-state index contributed by atoms with van der Waals surface area (Å²) >= 11 is 6.74. The van der Waals surface area contributed by atoms with Gasteiger partial charge in [0.25, 0.3) is 0 Å². The van der Waals surface area contributed by atoms with E-state index >= 15 is 0 Å². The highest BCUT2D eigenvalue weighted by Crippen LogP contribution is 2.24. The molecule has 0 amide bonds. The van der Waals surface area contributed by atoms with E-state index in [0.717, 1.165) is 35.8 Å². The molecule has 8 heteroatoms. The standard InChI is InChI=1S/C17H19N3O3S2/c1-23-16(22)14(15-18-11-6-2-3-7-12(11)19-15)13(21)10-25-17(24)20-8-4-5-9-20/h2-3,6-7,21H,4-5,8-10H2,1H3,(H,18,19)/b14-13+. The molecule has 1 aliphatic rings. The second-order valence-corrected chi connectivity index (χ2v) is 7.27. The fourth-order valence-electron chi connectivity index (χ4n) is 2.72. The molecule has 6 nitrogen and oxygen atoms in total. The maximum absolute atomic E-state index is 12.2. The van der Waals surface area contributed by atoms with E-state index in [-0.39, 0.29) is 17.1 Å². The maximum Gasteiger partial charge on any atom is 0.345 e. The summed E-state index contributed by atoms with van der Waals surface area (Å²) in [5, 5.41) is 10.5. The first-order valence-electron chi connectivity index (χ1n) is 7.97.